The first-order chi connectivity index (χ1) is 11.2. The van der Waals surface area contributed by atoms with Crippen LogP contribution in [-0.4, -0.2) is 12.0 Å². The second-order valence-electron chi connectivity index (χ2n) is 5.07. The van der Waals surface area contributed by atoms with Crippen LogP contribution in [0.25, 0.3) is 11.3 Å². The molecule has 0 spiro atoms. The molecule has 0 fully saturated rings. The number of nitrogens with zero attached hydrogens (tertiary/aromatic N) is 1. The number of carbonyl (C=O) groups is 1. The van der Waals surface area contributed by atoms with E-state index in [0.29, 0.717) is 11.3 Å². The van der Waals surface area contributed by atoms with Crippen LogP contribution >= 0.6 is 0 Å². The van der Waals surface area contributed by atoms with Crippen molar-refractivity contribution in [3.63, 3.8) is 0 Å². The van der Waals surface area contributed by atoms with Gasteiger partial charge in [-0.05, 0) is 31.2 Å². The van der Waals surface area contributed by atoms with Crippen LogP contribution in [0.15, 0.2) is 76.2 Å². The molecule has 0 saturated carbocycles. The third-order valence-corrected chi connectivity index (χ3v) is 3.36. The molecule has 1 N–H and O–H groups in total. The molecule has 0 aliphatic rings. The Labute approximate surface area is 134 Å². The van der Waals surface area contributed by atoms with Crippen molar-refractivity contribution >= 4 is 17.7 Å². The molecule has 114 valence electrons. The van der Waals surface area contributed by atoms with Crippen LogP contribution in [0.1, 0.15) is 23.0 Å². The maximum Gasteiger partial charge on any atom is 0.159 e. The molecule has 3 aromatic rings. The number of hydrogen-bond acceptors (Lipinski definition) is 4. The van der Waals surface area contributed by atoms with Crippen molar-refractivity contribution in [2.75, 3.05) is 5.43 Å². The Hall–Kier alpha value is -3.14. The molecule has 0 unspecified atom stereocenters. The summed E-state index contributed by atoms with van der Waals surface area (Å²) in [5.41, 5.74) is 5.46. The van der Waals surface area contributed by atoms with Gasteiger partial charge in [0.25, 0.3) is 0 Å². The predicted molar refractivity (Wildman–Crippen MR) is 91.8 cm³/mol. The third kappa shape index (κ3) is 3.74. The van der Waals surface area contributed by atoms with Gasteiger partial charge in [-0.25, -0.2) is 0 Å². The van der Waals surface area contributed by atoms with Gasteiger partial charge in [-0.2, -0.15) is 5.10 Å². The molecular formula is C19H16N2O2. The molecule has 0 radical (unpaired) electrons. The van der Waals surface area contributed by atoms with Gasteiger partial charge in [0.05, 0.1) is 11.9 Å². The highest BCUT2D eigenvalue weighted by Gasteiger charge is 2.05. The zero-order chi connectivity index (χ0) is 16.1. The van der Waals surface area contributed by atoms with Crippen molar-refractivity contribution in [2.24, 2.45) is 5.10 Å². The first-order valence-electron chi connectivity index (χ1n) is 7.28. The molecule has 0 atom stereocenters. The summed E-state index contributed by atoms with van der Waals surface area (Å²) in [6.45, 7) is 1.55. The molecule has 2 aromatic carbocycles. The van der Waals surface area contributed by atoms with Crippen molar-refractivity contribution < 1.29 is 9.21 Å². The summed E-state index contributed by atoms with van der Waals surface area (Å²) in [4.78, 5) is 11.3. The van der Waals surface area contributed by atoms with Crippen LogP contribution in [0.2, 0.25) is 0 Å². The lowest BCUT2D eigenvalue weighted by molar-refractivity contribution is 0.101. The molecule has 1 aromatic heterocycles. The SMILES string of the molecule is CC(=O)c1ccc(-c2ccc(C=NNc3ccccc3)o2)cc1. The normalized spacial score (nSPS) is 10.8. The van der Waals surface area contributed by atoms with Crippen LogP contribution in [-0.2, 0) is 0 Å². The summed E-state index contributed by atoms with van der Waals surface area (Å²) in [7, 11) is 0. The van der Waals surface area contributed by atoms with Crippen LogP contribution in [0.4, 0.5) is 5.69 Å². The van der Waals surface area contributed by atoms with E-state index in [0.717, 1.165) is 17.0 Å². The van der Waals surface area contributed by atoms with Crippen molar-refractivity contribution in [2.45, 2.75) is 6.92 Å². The minimum absolute atomic E-state index is 0.0517. The Balaban J connectivity index is 1.69. The van der Waals surface area contributed by atoms with Gasteiger partial charge in [0, 0.05) is 11.1 Å². The number of furan rings is 1. The smallest absolute Gasteiger partial charge is 0.159 e. The lowest BCUT2D eigenvalue weighted by Gasteiger charge is -1.99. The largest absolute Gasteiger partial charge is 0.455 e. The van der Waals surface area contributed by atoms with Crippen molar-refractivity contribution in [3.05, 3.63) is 78.1 Å². The van der Waals surface area contributed by atoms with Gasteiger partial charge in [0.2, 0.25) is 0 Å². The van der Waals surface area contributed by atoms with E-state index in [9.17, 15) is 4.79 Å². The minimum Gasteiger partial charge on any atom is -0.455 e. The van der Waals surface area contributed by atoms with Crippen LogP contribution in [0.3, 0.4) is 0 Å². The predicted octanol–water partition coefficient (Wildman–Crippen LogP) is 4.60. The molecule has 0 bridgehead atoms. The van der Waals surface area contributed by atoms with Gasteiger partial charge in [-0.3, -0.25) is 10.2 Å². The van der Waals surface area contributed by atoms with Crippen molar-refractivity contribution in [1.82, 2.24) is 0 Å². The van der Waals surface area contributed by atoms with Crippen molar-refractivity contribution in [3.8, 4) is 11.3 Å². The lowest BCUT2D eigenvalue weighted by Crippen LogP contribution is -1.90. The molecule has 23 heavy (non-hydrogen) atoms. The van der Waals surface area contributed by atoms with E-state index in [1.807, 2.05) is 54.6 Å². The van der Waals surface area contributed by atoms with Crippen LogP contribution < -0.4 is 5.43 Å². The Bertz CT molecular complexity index is 818. The number of hydrazone groups is 1. The average molecular weight is 304 g/mol. The zero-order valence-electron chi connectivity index (χ0n) is 12.7. The highest BCUT2D eigenvalue weighted by Crippen LogP contribution is 2.22. The fourth-order valence-corrected chi connectivity index (χ4v) is 2.13. The monoisotopic (exact) mass is 304 g/mol. The second-order valence-corrected chi connectivity index (χ2v) is 5.07. The molecule has 0 aliphatic heterocycles. The first-order valence-corrected chi connectivity index (χ1v) is 7.28. The summed E-state index contributed by atoms with van der Waals surface area (Å²) in [5, 5.41) is 4.14. The summed E-state index contributed by atoms with van der Waals surface area (Å²) >= 11 is 0. The van der Waals surface area contributed by atoms with E-state index >= 15 is 0 Å². The number of Topliss-reactive ketones (excluding diaryl/α,β-unsaturated/α-hetero) is 1. The number of para-hydroxylation sites is 1. The van der Waals surface area contributed by atoms with Gasteiger partial charge in [0.15, 0.2) is 5.78 Å². The fourth-order valence-electron chi connectivity index (χ4n) is 2.13. The first kappa shape index (κ1) is 14.8. The number of nitrogens with one attached hydrogen (secondary N) is 1. The van der Waals surface area contributed by atoms with Crippen molar-refractivity contribution in [1.29, 1.82) is 0 Å². The molecule has 0 saturated heterocycles. The highest BCUT2D eigenvalue weighted by molar-refractivity contribution is 5.94. The maximum atomic E-state index is 11.3. The van der Waals surface area contributed by atoms with E-state index in [2.05, 4.69) is 10.5 Å². The van der Waals surface area contributed by atoms with E-state index < -0.39 is 0 Å². The summed E-state index contributed by atoms with van der Waals surface area (Å²) < 4.78 is 5.73. The van der Waals surface area contributed by atoms with Crippen LogP contribution in [0, 0.1) is 0 Å². The number of anilines is 1. The van der Waals surface area contributed by atoms with E-state index in [1.165, 1.54) is 0 Å². The molecule has 1 heterocycles. The molecule has 3 rings (SSSR count). The summed E-state index contributed by atoms with van der Waals surface area (Å²) in [6, 6.07) is 20.8. The Morgan fingerprint density at radius 2 is 1.74 bits per heavy atom. The quantitative estimate of drug-likeness (QED) is 0.426. The molecular weight excluding hydrogens is 288 g/mol. The average Bonchev–Trinajstić information content (AvgIpc) is 3.05. The number of ketones is 1. The fraction of sp³-hybridized carbons (Fsp3) is 0.0526. The van der Waals surface area contributed by atoms with Gasteiger partial charge >= 0.3 is 0 Å². The highest BCUT2D eigenvalue weighted by atomic mass is 16.3. The lowest BCUT2D eigenvalue weighted by atomic mass is 10.1. The number of rotatable bonds is 5. The Morgan fingerprint density at radius 3 is 2.43 bits per heavy atom. The molecule has 4 nitrogen and oxygen atoms in total. The van der Waals surface area contributed by atoms with Crippen LogP contribution in [0.5, 0.6) is 0 Å². The minimum atomic E-state index is 0.0517. The number of benzene rings is 2. The number of carbonyl (C=O) groups excluding carboxylic acids is 1. The third-order valence-electron chi connectivity index (χ3n) is 3.36. The van der Waals surface area contributed by atoms with Gasteiger partial charge in [0.1, 0.15) is 11.5 Å². The van der Waals surface area contributed by atoms with Gasteiger partial charge in [-0.1, -0.05) is 42.5 Å². The van der Waals surface area contributed by atoms with Gasteiger partial charge in [-0.15, -0.1) is 0 Å². The summed E-state index contributed by atoms with van der Waals surface area (Å²) in [6.07, 6.45) is 1.63. The second kappa shape index (κ2) is 6.75. The Kier molecular flexibility index (Phi) is 4.34. The molecule has 0 aliphatic carbocycles. The number of hydrogen-bond donors (Lipinski definition) is 1. The van der Waals surface area contributed by atoms with E-state index in [-0.39, 0.29) is 5.78 Å². The van der Waals surface area contributed by atoms with Gasteiger partial charge < -0.3 is 4.42 Å². The van der Waals surface area contributed by atoms with E-state index in [1.54, 1.807) is 25.3 Å². The molecule has 4 heteroatoms. The van der Waals surface area contributed by atoms with E-state index in [4.69, 9.17) is 4.42 Å². The Morgan fingerprint density at radius 1 is 1.00 bits per heavy atom. The standard InChI is InChI=1S/C19H16N2O2/c1-14(22)15-7-9-16(10-8-15)19-12-11-18(23-19)13-20-21-17-5-3-2-4-6-17/h2-13,21H,1H3. The summed E-state index contributed by atoms with van der Waals surface area (Å²) in [5.74, 6) is 1.44. The maximum absolute atomic E-state index is 11.3. The molecule has 0 amide bonds. The topological polar surface area (TPSA) is 54.6 Å². The zero-order valence-corrected chi connectivity index (χ0v) is 12.7.